The number of carboxylic acids is 1. The van der Waals surface area contributed by atoms with Gasteiger partial charge in [-0.2, -0.15) is 0 Å². The van der Waals surface area contributed by atoms with Gasteiger partial charge in [-0.15, -0.1) is 0 Å². The molecule has 35 heavy (non-hydrogen) atoms. The second-order valence-corrected chi connectivity index (χ2v) is 9.64. The minimum atomic E-state index is -0.762. The van der Waals surface area contributed by atoms with Crippen LogP contribution < -0.4 is 4.74 Å². The molecule has 0 bridgehead atoms. The van der Waals surface area contributed by atoms with Crippen LogP contribution in [0, 0.1) is 5.92 Å². The van der Waals surface area contributed by atoms with Crippen LogP contribution in [0.1, 0.15) is 54.4 Å². The number of carbonyl (C=O) groups is 3. The Morgan fingerprint density at radius 3 is 2.31 bits per heavy atom. The van der Waals surface area contributed by atoms with Crippen molar-refractivity contribution in [2.75, 3.05) is 13.7 Å². The Balaban J connectivity index is 1.26. The molecule has 0 saturated heterocycles. The Kier molecular flexibility index (Phi) is 8.06. The van der Waals surface area contributed by atoms with Crippen LogP contribution in [0.5, 0.6) is 5.75 Å². The summed E-state index contributed by atoms with van der Waals surface area (Å²) in [4.78, 5) is 37.9. The summed E-state index contributed by atoms with van der Waals surface area (Å²) in [6, 6.07) is 13.6. The number of Topliss-reactive ketones (excluding diaryl/α,β-unsaturated/α-hetero) is 1. The summed E-state index contributed by atoms with van der Waals surface area (Å²) in [6.07, 6.45) is 4.29. The van der Waals surface area contributed by atoms with Gasteiger partial charge in [-0.1, -0.05) is 30.3 Å². The molecule has 1 aliphatic heterocycles. The second kappa shape index (κ2) is 11.4. The number of hydrogen-bond acceptors (Lipinski definition) is 5. The zero-order chi connectivity index (χ0) is 24.8. The van der Waals surface area contributed by atoms with Gasteiger partial charge < -0.3 is 19.5 Å². The van der Waals surface area contributed by atoms with E-state index in [1.54, 1.807) is 12.0 Å². The maximum absolute atomic E-state index is 12.7. The van der Waals surface area contributed by atoms with Crippen LogP contribution >= 0.6 is 0 Å². The summed E-state index contributed by atoms with van der Waals surface area (Å²) in [7, 11) is 1.62. The number of aliphatic carboxylic acids is 1. The van der Waals surface area contributed by atoms with E-state index in [4.69, 9.17) is 14.6 Å². The van der Waals surface area contributed by atoms with Crippen LogP contribution in [0.4, 0.5) is 4.79 Å². The number of methoxy groups -OCH3 is 1. The molecule has 2 aromatic rings. The molecule has 1 amide bonds. The van der Waals surface area contributed by atoms with Crippen molar-refractivity contribution in [3.63, 3.8) is 0 Å². The van der Waals surface area contributed by atoms with Gasteiger partial charge >= 0.3 is 12.1 Å². The largest absolute Gasteiger partial charge is 0.497 e. The van der Waals surface area contributed by atoms with Crippen LogP contribution in [-0.4, -0.2) is 47.6 Å². The number of ether oxygens (including phenoxy) is 2. The molecule has 0 radical (unpaired) electrons. The number of amides is 1. The molecule has 1 aliphatic carbocycles. The van der Waals surface area contributed by atoms with Crippen molar-refractivity contribution in [1.29, 1.82) is 0 Å². The summed E-state index contributed by atoms with van der Waals surface area (Å²) in [6.45, 7) is 1.09. The first-order chi connectivity index (χ1) is 16.9. The molecule has 2 aromatic carbocycles. The first-order valence-electron chi connectivity index (χ1n) is 12.3. The van der Waals surface area contributed by atoms with Crippen LogP contribution in [0.15, 0.2) is 42.5 Å². The normalized spacial score (nSPS) is 19.5. The van der Waals surface area contributed by atoms with Crippen molar-refractivity contribution in [3.05, 3.63) is 64.7 Å². The van der Waals surface area contributed by atoms with E-state index in [1.807, 2.05) is 36.4 Å². The predicted molar refractivity (Wildman–Crippen MR) is 130 cm³/mol. The van der Waals surface area contributed by atoms with E-state index >= 15 is 0 Å². The number of benzene rings is 2. The lowest BCUT2D eigenvalue weighted by Crippen LogP contribution is -2.39. The molecule has 7 heteroatoms. The highest BCUT2D eigenvalue weighted by atomic mass is 16.6. The van der Waals surface area contributed by atoms with Gasteiger partial charge in [0.05, 0.1) is 7.11 Å². The van der Waals surface area contributed by atoms with Crippen LogP contribution in [-0.2, 0) is 40.1 Å². The van der Waals surface area contributed by atoms with E-state index in [0.717, 1.165) is 54.5 Å². The number of ketones is 1. The molecule has 1 saturated carbocycles. The fourth-order valence-electron chi connectivity index (χ4n) is 5.05. The molecule has 2 aliphatic rings. The van der Waals surface area contributed by atoms with E-state index in [9.17, 15) is 14.4 Å². The predicted octanol–water partition coefficient (Wildman–Crippen LogP) is 4.58. The SMILES string of the molecule is COc1ccc(CC(=O)Cc2ccc3c(c2)CCN(C(=O)OC2CCC(CC(=O)O)CC2)C3)cc1. The van der Waals surface area contributed by atoms with E-state index in [0.29, 0.717) is 25.9 Å². The fraction of sp³-hybridized carbons (Fsp3) is 0.464. The Morgan fingerprint density at radius 2 is 1.63 bits per heavy atom. The molecule has 0 spiro atoms. The standard InChI is InChI=1S/C28H33NO6/c1-34-25-8-3-19(4-9-25)15-24(30)16-21-2-7-23-18-29(13-12-22(23)14-21)28(33)35-26-10-5-20(6-11-26)17-27(31)32/h2-4,7-9,14,20,26H,5-6,10-13,15-18H2,1H3,(H,31,32). The molecular formula is C28H33NO6. The lowest BCUT2D eigenvalue weighted by atomic mass is 9.85. The molecule has 7 nitrogen and oxygen atoms in total. The minimum absolute atomic E-state index is 0.131. The van der Waals surface area contributed by atoms with Gasteiger partial charge in [0.1, 0.15) is 17.6 Å². The highest BCUT2D eigenvalue weighted by molar-refractivity contribution is 5.83. The molecular weight excluding hydrogens is 446 g/mol. The Bertz CT molecular complexity index is 1060. The van der Waals surface area contributed by atoms with Crippen molar-refractivity contribution in [2.24, 2.45) is 5.92 Å². The molecule has 0 aromatic heterocycles. The summed E-state index contributed by atoms with van der Waals surface area (Å²) in [5.41, 5.74) is 4.23. The smallest absolute Gasteiger partial charge is 0.410 e. The third-order valence-electron chi connectivity index (χ3n) is 7.03. The minimum Gasteiger partial charge on any atom is -0.497 e. The summed E-state index contributed by atoms with van der Waals surface area (Å²) in [5, 5.41) is 8.95. The second-order valence-electron chi connectivity index (χ2n) is 9.64. The van der Waals surface area contributed by atoms with Crippen LogP contribution in [0.3, 0.4) is 0 Å². The van der Waals surface area contributed by atoms with Gasteiger partial charge in [-0.05, 0) is 72.4 Å². The number of nitrogens with zero attached hydrogens (tertiary/aromatic N) is 1. The monoisotopic (exact) mass is 479 g/mol. The quantitative estimate of drug-likeness (QED) is 0.596. The highest BCUT2D eigenvalue weighted by Gasteiger charge is 2.28. The van der Waals surface area contributed by atoms with E-state index in [2.05, 4.69) is 6.07 Å². The number of hydrogen-bond donors (Lipinski definition) is 1. The van der Waals surface area contributed by atoms with Gasteiger partial charge in [0, 0.05) is 32.4 Å². The van der Waals surface area contributed by atoms with E-state index < -0.39 is 5.97 Å². The number of rotatable bonds is 8. The van der Waals surface area contributed by atoms with Crippen molar-refractivity contribution in [3.8, 4) is 5.75 Å². The zero-order valence-electron chi connectivity index (χ0n) is 20.2. The molecule has 186 valence electrons. The summed E-state index contributed by atoms with van der Waals surface area (Å²) >= 11 is 0. The molecule has 1 heterocycles. The average molecular weight is 480 g/mol. The molecule has 0 unspecified atom stereocenters. The summed E-state index contributed by atoms with van der Waals surface area (Å²) < 4.78 is 10.9. The first-order valence-corrected chi connectivity index (χ1v) is 12.3. The maximum Gasteiger partial charge on any atom is 0.410 e. The highest BCUT2D eigenvalue weighted by Crippen LogP contribution is 2.29. The van der Waals surface area contributed by atoms with Crippen molar-refractivity contribution in [1.82, 2.24) is 4.90 Å². The Morgan fingerprint density at radius 1 is 0.943 bits per heavy atom. The number of fused-ring (bicyclic) bond motifs is 1. The summed E-state index contributed by atoms with van der Waals surface area (Å²) in [5.74, 6) is 0.356. The number of carbonyl (C=O) groups excluding carboxylic acids is 2. The lowest BCUT2D eigenvalue weighted by molar-refractivity contribution is -0.138. The third kappa shape index (κ3) is 6.84. The van der Waals surface area contributed by atoms with Crippen LogP contribution in [0.2, 0.25) is 0 Å². The third-order valence-corrected chi connectivity index (χ3v) is 7.03. The van der Waals surface area contributed by atoms with Crippen molar-refractivity contribution in [2.45, 2.75) is 64.0 Å². The van der Waals surface area contributed by atoms with Gasteiger partial charge in [-0.25, -0.2) is 4.79 Å². The van der Waals surface area contributed by atoms with Gasteiger partial charge in [-0.3, -0.25) is 9.59 Å². The first kappa shape index (κ1) is 24.8. The lowest BCUT2D eigenvalue weighted by Gasteiger charge is -2.32. The van der Waals surface area contributed by atoms with Gasteiger partial charge in [0.2, 0.25) is 0 Å². The van der Waals surface area contributed by atoms with E-state index in [-0.39, 0.29) is 30.3 Å². The molecule has 1 N–H and O–H groups in total. The van der Waals surface area contributed by atoms with Gasteiger partial charge in [0.15, 0.2) is 0 Å². The topological polar surface area (TPSA) is 93.1 Å². The maximum atomic E-state index is 12.7. The Hall–Kier alpha value is -3.35. The average Bonchev–Trinajstić information content (AvgIpc) is 2.85. The Labute approximate surface area is 206 Å². The van der Waals surface area contributed by atoms with Crippen molar-refractivity contribution >= 4 is 17.8 Å². The molecule has 1 fully saturated rings. The molecule has 0 atom stereocenters. The van der Waals surface area contributed by atoms with E-state index in [1.165, 1.54) is 5.56 Å². The van der Waals surface area contributed by atoms with Crippen LogP contribution in [0.25, 0.3) is 0 Å². The number of carboxylic acid groups (broad SMARTS) is 1. The molecule has 4 rings (SSSR count). The zero-order valence-corrected chi connectivity index (χ0v) is 20.2. The van der Waals surface area contributed by atoms with Gasteiger partial charge in [0.25, 0.3) is 0 Å². The van der Waals surface area contributed by atoms with Crippen molar-refractivity contribution < 1.29 is 29.0 Å². The fourth-order valence-corrected chi connectivity index (χ4v) is 5.05.